The summed E-state index contributed by atoms with van der Waals surface area (Å²) in [7, 11) is 1.62. The van der Waals surface area contributed by atoms with Crippen molar-refractivity contribution in [2.75, 3.05) is 12.4 Å². The Labute approximate surface area is 135 Å². The molecule has 0 spiro atoms. The van der Waals surface area contributed by atoms with E-state index in [9.17, 15) is 4.79 Å². The van der Waals surface area contributed by atoms with Gasteiger partial charge in [0.15, 0.2) is 0 Å². The van der Waals surface area contributed by atoms with Crippen LogP contribution in [0.1, 0.15) is 23.0 Å². The molecule has 0 bridgehead atoms. The number of carbonyl (C=O) groups excluding carboxylic acids is 1. The molecule has 3 rings (SSSR count). The highest BCUT2D eigenvalue weighted by Crippen LogP contribution is 2.26. The van der Waals surface area contributed by atoms with E-state index in [1.165, 1.54) is 0 Å². The van der Waals surface area contributed by atoms with E-state index in [1.54, 1.807) is 7.11 Å². The number of anilines is 1. The highest BCUT2D eigenvalue weighted by molar-refractivity contribution is 6.08. The molecule has 0 aliphatic rings. The predicted molar refractivity (Wildman–Crippen MR) is 93.3 cm³/mol. The van der Waals surface area contributed by atoms with Gasteiger partial charge in [-0.2, -0.15) is 0 Å². The molecule has 0 saturated heterocycles. The fourth-order valence-corrected chi connectivity index (χ4v) is 2.96. The van der Waals surface area contributed by atoms with Gasteiger partial charge in [-0.05, 0) is 49.7 Å². The molecule has 23 heavy (non-hydrogen) atoms. The normalized spacial score (nSPS) is 10.7. The summed E-state index contributed by atoms with van der Waals surface area (Å²) in [5.74, 6) is 0.674. The molecule has 0 fully saturated rings. The second-order valence-electron chi connectivity index (χ2n) is 5.42. The van der Waals surface area contributed by atoms with Crippen molar-refractivity contribution in [1.29, 1.82) is 0 Å². The lowest BCUT2D eigenvalue weighted by atomic mass is 10.1. The van der Waals surface area contributed by atoms with E-state index in [0.717, 1.165) is 34.4 Å². The van der Waals surface area contributed by atoms with Crippen molar-refractivity contribution < 1.29 is 9.53 Å². The fraction of sp³-hybridized carbons (Fsp3) is 0.211. The number of carbonyl (C=O) groups is 1. The minimum absolute atomic E-state index is 0.0919. The standard InChI is InChI=1S/C19H20N2O2/c1-4-21-17-8-6-5-7-16(17)13(2)18(21)19(22)20-14-9-11-15(23-3)12-10-14/h5-12H,4H2,1-3H3,(H,20,22). The number of hydrogen-bond donors (Lipinski definition) is 1. The summed E-state index contributed by atoms with van der Waals surface area (Å²) in [5, 5.41) is 4.09. The fourth-order valence-electron chi connectivity index (χ4n) is 2.96. The highest BCUT2D eigenvalue weighted by atomic mass is 16.5. The summed E-state index contributed by atoms with van der Waals surface area (Å²) < 4.78 is 7.20. The van der Waals surface area contributed by atoms with Crippen LogP contribution in [0.2, 0.25) is 0 Å². The van der Waals surface area contributed by atoms with Crippen molar-refractivity contribution in [3.8, 4) is 5.75 Å². The summed E-state index contributed by atoms with van der Waals surface area (Å²) in [6, 6.07) is 15.4. The summed E-state index contributed by atoms with van der Waals surface area (Å²) in [4.78, 5) is 12.8. The Balaban J connectivity index is 1.98. The van der Waals surface area contributed by atoms with Gasteiger partial charge < -0.3 is 14.6 Å². The average Bonchev–Trinajstić information content (AvgIpc) is 2.88. The topological polar surface area (TPSA) is 43.3 Å². The van der Waals surface area contributed by atoms with Crippen LogP contribution in [0, 0.1) is 6.92 Å². The van der Waals surface area contributed by atoms with Gasteiger partial charge in [0.1, 0.15) is 11.4 Å². The van der Waals surface area contributed by atoms with Crippen molar-refractivity contribution in [1.82, 2.24) is 4.57 Å². The summed E-state index contributed by atoms with van der Waals surface area (Å²) >= 11 is 0. The molecule has 0 aliphatic heterocycles. The number of methoxy groups -OCH3 is 1. The molecular formula is C19H20N2O2. The molecule has 2 aromatic carbocycles. The Morgan fingerprint density at radius 2 is 1.83 bits per heavy atom. The van der Waals surface area contributed by atoms with Crippen LogP contribution >= 0.6 is 0 Å². The number of ether oxygens (including phenoxy) is 1. The lowest BCUT2D eigenvalue weighted by Crippen LogP contribution is -2.17. The van der Waals surface area contributed by atoms with Crippen molar-refractivity contribution in [3.05, 3.63) is 59.8 Å². The molecular weight excluding hydrogens is 288 g/mol. The Morgan fingerprint density at radius 3 is 2.48 bits per heavy atom. The van der Waals surface area contributed by atoms with Gasteiger partial charge >= 0.3 is 0 Å². The average molecular weight is 308 g/mol. The maximum absolute atomic E-state index is 12.8. The molecule has 0 radical (unpaired) electrons. The predicted octanol–water partition coefficient (Wildman–Crippen LogP) is 4.23. The van der Waals surface area contributed by atoms with Crippen molar-refractivity contribution in [3.63, 3.8) is 0 Å². The monoisotopic (exact) mass is 308 g/mol. The van der Waals surface area contributed by atoms with Gasteiger partial charge in [-0.15, -0.1) is 0 Å². The van der Waals surface area contributed by atoms with Crippen LogP contribution in [0.5, 0.6) is 5.75 Å². The summed E-state index contributed by atoms with van der Waals surface area (Å²) in [6.45, 7) is 4.80. The number of aromatic nitrogens is 1. The minimum atomic E-state index is -0.0919. The molecule has 3 aromatic rings. The summed E-state index contributed by atoms with van der Waals surface area (Å²) in [6.07, 6.45) is 0. The number of hydrogen-bond acceptors (Lipinski definition) is 2. The molecule has 1 heterocycles. The Hall–Kier alpha value is -2.75. The van der Waals surface area contributed by atoms with E-state index in [4.69, 9.17) is 4.74 Å². The second-order valence-corrected chi connectivity index (χ2v) is 5.42. The number of nitrogens with one attached hydrogen (secondary N) is 1. The van der Waals surface area contributed by atoms with Crippen molar-refractivity contribution >= 4 is 22.5 Å². The van der Waals surface area contributed by atoms with E-state index in [2.05, 4.69) is 28.9 Å². The molecule has 1 aromatic heterocycles. The third-order valence-corrected chi connectivity index (χ3v) is 4.10. The van der Waals surface area contributed by atoms with Gasteiger partial charge in [0.25, 0.3) is 5.91 Å². The SMILES string of the molecule is CCn1c(C(=O)Nc2ccc(OC)cc2)c(C)c2ccccc21. The van der Waals surface area contributed by atoms with E-state index < -0.39 is 0 Å². The molecule has 0 unspecified atom stereocenters. The molecule has 118 valence electrons. The number of fused-ring (bicyclic) bond motifs is 1. The first-order valence-electron chi connectivity index (χ1n) is 7.69. The van der Waals surface area contributed by atoms with E-state index in [-0.39, 0.29) is 5.91 Å². The van der Waals surface area contributed by atoms with Crippen LogP contribution in [-0.2, 0) is 6.54 Å². The third-order valence-electron chi connectivity index (χ3n) is 4.10. The zero-order valence-corrected chi connectivity index (χ0v) is 13.6. The highest BCUT2D eigenvalue weighted by Gasteiger charge is 2.19. The smallest absolute Gasteiger partial charge is 0.272 e. The lowest BCUT2D eigenvalue weighted by molar-refractivity contribution is 0.101. The number of amides is 1. The quantitative estimate of drug-likeness (QED) is 0.784. The Bertz CT molecular complexity index is 848. The van der Waals surface area contributed by atoms with Gasteiger partial charge in [0.05, 0.1) is 7.11 Å². The maximum Gasteiger partial charge on any atom is 0.272 e. The minimum Gasteiger partial charge on any atom is -0.497 e. The molecule has 1 N–H and O–H groups in total. The maximum atomic E-state index is 12.8. The summed E-state index contributed by atoms with van der Waals surface area (Å²) in [5.41, 5.74) is 3.56. The number of aryl methyl sites for hydroxylation is 2. The molecule has 4 heteroatoms. The number of rotatable bonds is 4. The van der Waals surface area contributed by atoms with Crippen molar-refractivity contribution in [2.45, 2.75) is 20.4 Å². The van der Waals surface area contributed by atoms with E-state index in [0.29, 0.717) is 5.69 Å². The first kappa shape index (κ1) is 15.2. The van der Waals surface area contributed by atoms with E-state index in [1.807, 2.05) is 43.3 Å². The van der Waals surface area contributed by atoms with Gasteiger partial charge in [-0.25, -0.2) is 0 Å². The van der Waals surface area contributed by atoms with Crippen LogP contribution in [0.3, 0.4) is 0 Å². The molecule has 1 amide bonds. The zero-order valence-electron chi connectivity index (χ0n) is 13.6. The number of nitrogens with zero attached hydrogens (tertiary/aromatic N) is 1. The first-order valence-corrected chi connectivity index (χ1v) is 7.69. The van der Waals surface area contributed by atoms with Gasteiger partial charge in [-0.3, -0.25) is 4.79 Å². The Morgan fingerprint density at radius 1 is 1.13 bits per heavy atom. The number of benzene rings is 2. The lowest BCUT2D eigenvalue weighted by Gasteiger charge is -2.10. The van der Waals surface area contributed by atoms with Gasteiger partial charge in [0.2, 0.25) is 0 Å². The third kappa shape index (κ3) is 2.68. The molecule has 0 saturated carbocycles. The van der Waals surface area contributed by atoms with Crippen LogP contribution < -0.4 is 10.1 Å². The number of para-hydroxylation sites is 1. The second kappa shape index (κ2) is 6.16. The molecule has 4 nitrogen and oxygen atoms in total. The Kier molecular flexibility index (Phi) is 4.06. The van der Waals surface area contributed by atoms with Crippen molar-refractivity contribution in [2.24, 2.45) is 0 Å². The van der Waals surface area contributed by atoms with Crippen LogP contribution in [0.15, 0.2) is 48.5 Å². The van der Waals surface area contributed by atoms with Gasteiger partial charge in [-0.1, -0.05) is 18.2 Å². The van der Waals surface area contributed by atoms with Gasteiger partial charge in [0, 0.05) is 23.1 Å². The van der Waals surface area contributed by atoms with Crippen LogP contribution in [0.25, 0.3) is 10.9 Å². The van der Waals surface area contributed by atoms with Crippen LogP contribution in [0.4, 0.5) is 5.69 Å². The van der Waals surface area contributed by atoms with E-state index >= 15 is 0 Å². The van der Waals surface area contributed by atoms with Crippen LogP contribution in [-0.4, -0.2) is 17.6 Å². The molecule has 0 aliphatic carbocycles. The molecule has 0 atom stereocenters. The first-order chi connectivity index (χ1) is 11.2. The largest absolute Gasteiger partial charge is 0.497 e. The zero-order chi connectivity index (χ0) is 16.4.